The number of carbonyl (C=O) groups excluding carboxylic acids is 1. The number of carbonyl (C=O) groups is 1. The van der Waals surface area contributed by atoms with Crippen molar-refractivity contribution < 1.29 is 14.3 Å². The maximum atomic E-state index is 12.1. The molecule has 1 aliphatic rings. The third kappa shape index (κ3) is 2.95. The van der Waals surface area contributed by atoms with Gasteiger partial charge in [-0.15, -0.1) is 11.6 Å². The minimum atomic E-state index is -0.153. The average Bonchev–Trinajstić information content (AvgIpc) is 3.00. The standard InChI is InChI=1S/C16H14ClNO3/c17-9-16(19)18(10-12-4-2-1-3-5-12)13-6-7-14-15(8-13)21-11-20-14/h1-8H,9-11H2. The van der Waals surface area contributed by atoms with Crippen LogP contribution < -0.4 is 14.4 Å². The van der Waals surface area contributed by atoms with Crippen LogP contribution in [0.2, 0.25) is 0 Å². The van der Waals surface area contributed by atoms with E-state index in [1.54, 1.807) is 17.0 Å². The summed E-state index contributed by atoms with van der Waals surface area (Å²) in [6.07, 6.45) is 0. The van der Waals surface area contributed by atoms with Crippen LogP contribution in [0.3, 0.4) is 0 Å². The first-order valence-electron chi connectivity index (χ1n) is 6.58. The normalized spacial score (nSPS) is 12.2. The minimum Gasteiger partial charge on any atom is -0.454 e. The van der Waals surface area contributed by atoms with Crippen molar-refractivity contribution in [3.05, 3.63) is 54.1 Å². The third-order valence-corrected chi connectivity index (χ3v) is 3.50. The molecule has 0 fully saturated rings. The first kappa shape index (κ1) is 13.8. The molecule has 0 bridgehead atoms. The topological polar surface area (TPSA) is 38.8 Å². The molecule has 0 spiro atoms. The molecule has 1 aliphatic heterocycles. The van der Waals surface area contributed by atoms with Crippen LogP contribution in [0, 0.1) is 0 Å². The van der Waals surface area contributed by atoms with E-state index in [2.05, 4.69) is 0 Å². The molecular formula is C16H14ClNO3. The van der Waals surface area contributed by atoms with Crippen molar-refractivity contribution in [2.45, 2.75) is 6.54 Å². The van der Waals surface area contributed by atoms with Crippen molar-refractivity contribution in [3.8, 4) is 11.5 Å². The molecule has 0 saturated heterocycles. The van der Waals surface area contributed by atoms with Gasteiger partial charge < -0.3 is 14.4 Å². The number of alkyl halides is 1. The van der Waals surface area contributed by atoms with E-state index in [1.165, 1.54) is 0 Å². The zero-order chi connectivity index (χ0) is 14.7. The fourth-order valence-electron chi connectivity index (χ4n) is 2.21. The number of benzene rings is 2. The number of ether oxygens (including phenoxy) is 2. The van der Waals surface area contributed by atoms with Crippen molar-refractivity contribution in [1.82, 2.24) is 0 Å². The Morgan fingerprint density at radius 3 is 2.62 bits per heavy atom. The fourth-order valence-corrected chi connectivity index (χ4v) is 2.36. The quantitative estimate of drug-likeness (QED) is 0.814. The molecule has 108 valence electrons. The maximum Gasteiger partial charge on any atom is 0.242 e. The van der Waals surface area contributed by atoms with Crippen LogP contribution in [0.5, 0.6) is 11.5 Å². The average molecular weight is 304 g/mol. The Kier molecular flexibility index (Phi) is 3.97. The van der Waals surface area contributed by atoms with Crippen LogP contribution in [0.25, 0.3) is 0 Å². The molecule has 0 saturated carbocycles. The number of hydrogen-bond donors (Lipinski definition) is 0. The zero-order valence-electron chi connectivity index (χ0n) is 11.3. The van der Waals surface area contributed by atoms with Gasteiger partial charge in [-0.25, -0.2) is 0 Å². The first-order valence-corrected chi connectivity index (χ1v) is 7.11. The summed E-state index contributed by atoms with van der Waals surface area (Å²) < 4.78 is 10.6. The lowest BCUT2D eigenvalue weighted by Gasteiger charge is -2.22. The van der Waals surface area contributed by atoms with Gasteiger partial charge in [0, 0.05) is 11.8 Å². The summed E-state index contributed by atoms with van der Waals surface area (Å²) in [5, 5.41) is 0. The molecule has 5 heteroatoms. The largest absolute Gasteiger partial charge is 0.454 e. The minimum absolute atomic E-state index is 0.0682. The van der Waals surface area contributed by atoms with Crippen LogP contribution in [0.1, 0.15) is 5.56 Å². The van der Waals surface area contributed by atoms with Gasteiger partial charge in [-0.05, 0) is 17.7 Å². The van der Waals surface area contributed by atoms with Crippen molar-refractivity contribution in [2.24, 2.45) is 0 Å². The number of rotatable bonds is 4. The molecular weight excluding hydrogens is 290 g/mol. The summed E-state index contributed by atoms with van der Waals surface area (Å²) in [6, 6.07) is 15.2. The first-order chi connectivity index (χ1) is 10.3. The highest BCUT2D eigenvalue weighted by Gasteiger charge is 2.19. The van der Waals surface area contributed by atoms with E-state index in [-0.39, 0.29) is 18.6 Å². The summed E-state index contributed by atoms with van der Waals surface area (Å²) in [5.74, 6) is 1.12. The molecule has 4 nitrogen and oxygen atoms in total. The number of fused-ring (bicyclic) bond motifs is 1. The summed E-state index contributed by atoms with van der Waals surface area (Å²) in [4.78, 5) is 13.8. The van der Waals surface area contributed by atoms with Gasteiger partial charge in [-0.1, -0.05) is 30.3 Å². The van der Waals surface area contributed by atoms with Crippen LogP contribution in [0.15, 0.2) is 48.5 Å². The molecule has 2 aromatic rings. The molecule has 3 rings (SSSR count). The van der Waals surface area contributed by atoms with Crippen LogP contribution >= 0.6 is 11.6 Å². The SMILES string of the molecule is O=C(CCl)N(Cc1ccccc1)c1ccc2c(c1)OCO2. The molecule has 0 aliphatic carbocycles. The predicted octanol–water partition coefficient (Wildman–Crippen LogP) is 3.19. The number of hydrogen-bond acceptors (Lipinski definition) is 3. The molecule has 0 unspecified atom stereocenters. The molecule has 0 atom stereocenters. The Morgan fingerprint density at radius 2 is 1.86 bits per heavy atom. The monoisotopic (exact) mass is 303 g/mol. The summed E-state index contributed by atoms with van der Waals surface area (Å²) >= 11 is 5.73. The van der Waals surface area contributed by atoms with E-state index in [0.29, 0.717) is 18.0 Å². The van der Waals surface area contributed by atoms with Crippen molar-refractivity contribution in [2.75, 3.05) is 17.6 Å². The van der Waals surface area contributed by atoms with E-state index in [0.717, 1.165) is 11.3 Å². The van der Waals surface area contributed by atoms with Crippen LogP contribution in [-0.2, 0) is 11.3 Å². The molecule has 0 N–H and O–H groups in total. The highest BCUT2D eigenvalue weighted by Crippen LogP contribution is 2.35. The smallest absolute Gasteiger partial charge is 0.242 e. The van der Waals surface area contributed by atoms with Crippen molar-refractivity contribution >= 4 is 23.2 Å². The Labute approximate surface area is 127 Å². The van der Waals surface area contributed by atoms with Gasteiger partial charge in [0.25, 0.3) is 0 Å². The maximum absolute atomic E-state index is 12.1. The lowest BCUT2D eigenvalue weighted by molar-refractivity contribution is -0.116. The highest BCUT2D eigenvalue weighted by molar-refractivity contribution is 6.29. The van der Waals surface area contributed by atoms with Gasteiger partial charge in [0.2, 0.25) is 12.7 Å². The second kappa shape index (κ2) is 6.06. The Hall–Kier alpha value is -2.20. The highest BCUT2D eigenvalue weighted by atomic mass is 35.5. The summed E-state index contributed by atoms with van der Waals surface area (Å²) in [5.41, 5.74) is 1.78. The van der Waals surface area contributed by atoms with E-state index < -0.39 is 0 Å². The van der Waals surface area contributed by atoms with E-state index in [9.17, 15) is 4.79 Å². The van der Waals surface area contributed by atoms with Gasteiger partial charge in [0.05, 0.1) is 6.54 Å². The molecule has 0 radical (unpaired) electrons. The fraction of sp³-hybridized carbons (Fsp3) is 0.188. The van der Waals surface area contributed by atoms with E-state index in [4.69, 9.17) is 21.1 Å². The number of halogens is 1. The second-order valence-corrected chi connectivity index (χ2v) is 4.90. The molecule has 21 heavy (non-hydrogen) atoms. The summed E-state index contributed by atoms with van der Waals surface area (Å²) in [7, 11) is 0. The van der Waals surface area contributed by atoms with Gasteiger partial charge in [-0.3, -0.25) is 4.79 Å². The Morgan fingerprint density at radius 1 is 1.10 bits per heavy atom. The van der Waals surface area contributed by atoms with Gasteiger partial charge in [0.15, 0.2) is 11.5 Å². The second-order valence-electron chi connectivity index (χ2n) is 4.64. The number of nitrogens with zero attached hydrogens (tertiary/aromatic N) is 1. The van der Waals surface area contributed by atoms with Gasteiger partial charge >= 0.3 is 0 Å². The molecule has 1 amide bonds. The Bertz CT molecular complexity index is 645. The molecule has 0 aromatic heterocycles. The van der Waals surface area contributed by atoms with Gasteiger partial charge in [-0.2, -0.15) is 0 Å². The van der Waals surface area contributed by atoms with Crippen molar-refractivity contribution in [3.63, 3.8) is 0 Å². The van der Waals surface area contributed by atoms with Gasteiger partial charge in [0.1, 0.15) is 5.88 Å². The van der Waals surface area contributed by atoms with E-state index in [1.807, 2.05) is 36.4 Å². The lowest BCUT2D eigenvalue weighted by atomic mass is 10.2. The van der Waals surface area contributed by atoms with Crippen molar-refractivity contribution in [1.29, 1.82) is 0 Å². The molecule has 1 heterocycles. The Balaban J connectivity index is 1.90. The predicted molar refractivity (Wildman–Crippen MR) is 80.9 cm³/mol. The number of anilines is 1. The van der Waals surface area contributed by atoms with Crippen LogP contribution in [-0.4, -0.2) is 18.6 Å². The van der Waals surface area contributed by atoms with Crippen LogP contribution in [0.4, 0.5) is 5.69 Å². The summed E-state index contributed by atoms with van der Waals surface area (Å²) in [6.45, 7) is 0.674. The zero-order valence-corrected chi connectivity index (χ0v) is 12.0. The number of amides is 1. The molecule has 2 aromatic carbocycles. The van der Waals surface area contributed by atoms with E-state index >= 15 is 0 Å². The lowest BCUT2D eigenvalue weighted by Crippen LogP contribution is -2.31. The third-order valence-electron chi connectivity index (χ3n) is 3.27.